The average molecular weight is 490 g/mol. The summed E-state index contributed by atoms with van der Waals surface area (Å²) in [7, 11) is 0. The van der Waals surface area contributed by atoms with E-state index in [1.54, 1.807) is 11.3 Å². The van der Waals surface area contributed by atoms with E-state index in [2.05, 4.69) is 34.7 Å². The van der Waals surface area contributed by atoms with Gasteiger partial charge in [0.05, 0.1) is 16.6 Å². The molecule has 0 radical (unpaired) electrons. The van der Waals surface area contributed by atoms with Crippen molar-refractivity contribution in [1.29, 1.82) is 0 Å². The first-order valence-electron chi connectivity index (χ1n) is 10.0. The number of carbonyl (C=O) groups is 1. The number of hydrogen-bond acceptors (Lipinski definition) is 6. The monoisotopic (exact) mass is 489 g/mol. The first-order valence-corrected chi connectivity index (χ1v) is 11.7. The minimum atomic E-state index is 0.0270. The van der Waals surface area contributed by atoms with Crippen LogP contribution in [0.1, 0.15) is 19.4 Å². The first-order chi connectivity index (χ1) is 14.6. The summed E-state index contributed by atoms with van der Waals surface area (Å²) in [5.74, 6) is 1.44. The molecule has 0 fully saturated rings. The molecule has 0 atom stereocenters. The molecule has 158 valence electrons. The number of hydrogen-bond donors (Lipinski definition) is 0. The van der Waals surface area contributed by atoms with E-state index in [1.165, 1.54) is 0 Å². The number of carbonyl (C=O) groups excluding carboxylic acids is 1. The summed E-state index contributed by atoms with van der Waals surface area (Å²) in [5.41, 5.74) is 1.81. The molecule has 2 heterocycles. The highest BCUT2D eigenvalue weighted by atomic mass is 79.9. The Kier molecular flexibility index (Phi) is 6.55. The number of fused-ring (bicyclic) bond motifs is 2. The Labute approximate surface area is 188 Å². The number of rotatable bonds is 8. The molecular weight excluding hydrogens is 466 g/mol. The van der Waals surface area contributed by atoms with E-state index in [4.69, 9.17) is 14.5 Å². The van der Waals surface area contributed by atoms with E-state index < -0.39 is 0 Å². The molecule has 1 aliphatic heterocycles. The number of thiazole rings is 1. The second kappa shape index (κ2) is 9.32. The predicted octanol–water partition coefficient (Wildman–Crippen LogP) is 4.71. The molecule has 0 N–H and O–H groups in total. The Bertz CT molecular complexity index is 1050. The van der Waals surface area contributed by atoms with Crippen LogP contribution in [0, 0.1) is 0 Å². The van der Waals surface area contributed by atoms with Gasteiger partial charge >= 0.3 is 0 Å². The van der Waals surface area contributed by atoms with Crippen LogP contribution in [0.15, 0.2) is 40.9 Å². The molecule has 0 saturated carbocycles. The Hall–Kier alpha value is -2.16. The highest BCUT2D eigenvalue weighted by molar-refractivity contribution is 9.10. The van der Waals surface area contributed by atoms with Crippen molar-refractivity contribution in [3.8, 4) is 11.5 Å². The van der Waals surface area contributed by atoms with Crippen molar-refractivity contribution in [1.82, 2.24) is 9.88 Å². The maximum Gasteiger partial charge on any atom is 0.233 e. The largest absolute Gasteiger partial charge is 0.454 e. The molecule has 1 aromatic heterocycles. The predicted molar refractivity (Wildman–Crippen MR) is 124 cm³/mol. The number of amides is 1. The van der Waals surface area contributed by atoms with Crippen LogP contribution in [0.5, 0.6) is 11.5 Å². The lowest BCUT2D eigenvalue weighted by atomic mass is 10.1. The number of benzene rings is 2. The van der Waals surface area contributed by atoms with Gasteiger partial charge in [0.1, 0.15) is 0 Å². The molecule has 6 nitrogen and oxygen atoms in total. The standard InChI is InChI=1S/C22H24BrN3O3S/c1-3-25(4-2)9-10-26(22-24-17-7-6-16(23)13-20(17)30-22)21(27)12-15-5-8-18-19(11-15)29-14-28-18/h5-8,11,13H,3-4,9-10,12,14H2,1-2H3. The molecular formula is C22H24BrN3O3S. The topological polar surface area (TPSA) is 54.9 Å². The van der Waals surface area contributed by atoms with Crippen LogP contribution < -0.4 is 14.4 Å². The maximum absolute atomic E-state index is 13.3. The van der Waals surface area contributed by atoms with E-state index in [1.807, 2.05) is 41.3 Å². The molecule has 0 aliphatic carbocycles. The molecule has 0 spiro atoms. The van der Waals surface area contributed by atoms with E-state index in [-0.39, 0.29) is 19.1 Å². The van der Waals surface area contributed by atoms with E-state index in [9.17, 15) is 4.79 Å². The summed E-state index contributed by atoms with van der Waals surface area (Å²) >= 11 is 5.06. The van der Waals surface area contributed by atoms with Gasteiger partial charge in [-0.15, -0.1) is 0 Å². The number of anilines is 1. The van der Waals surface area contributed by atoms with Gasteiger partial charge < -0.3 is 14.4 Å². The normalized spacial score (nSPS) is 12.7. The van der Waals surface area contributed by atoms with Crippen molar-refractivity contribution in [2.24, 2.45) is 0 Å². The number of likely N-dealkylation sites (N-methyl/N-ethyl adjacent to an activating group) is 1. The summed E-state index contributed by atoms with van der Waals surface area (Å²) in [6.45, 7) is 7.81. The van der Waals surface area contributed by atoms with Crippen molar-refractivity contribution in [2.75, 3.05) is 37.9 Å². The molecule has 30 heavy (non-hydrogen) atoms. The lowest BCUT2D eigenvalue weighted by molar-refractivity contribution is -0.118. The lowest BCUT2D eigenvalue weighted by Gasteiger charge is -2.24. The Morgan fingerprint density at radius 3 is 2.70 bits per heavy atom. The Balaban J connectivity index is 1.59. The van der Waals surface area contributed by atoms with Gasteiger partial charge in [0, 0.05) is 17.6 Å². The van der Waals surface area contributed by atoms with Crippen LogP contribution in [0.3, 0.4) is 0 Å². The van der Waals surface area contributed by atoms with Crippen molar-refractivity contribution >= 4 is 48.5 Å². The van der Waals surface area contributed by atoms with Crippen molar-refractivity contribution in [3.63, 3.8) is 0 Å². The van der Waals surface area contributed by atoms with Crippen LogP contribution in [0.4, 0.5) is 5.13 Å². The van der Waals surface area contributed by atoms with Crippen molar-refractivity contribution < 1.29 is 14.3 Å². The Morgan fingerprint density at radius 1 is 1.10 bits per heavy atom. The zero-order valence-corrected chi connectivity index (χ0v) is 19.5. The second-order valence-electron chi connectivity index (χ2n) is 7.05. The van der Waals surface area contributed by atoms with Gasteiger partial charge in [-0.1, -0.05) is 47.2 Å². The summed E-state index contributed by atoms with van der Waals surface area (Å²) in [6, 6.07) is 11.7. The van der Waals surface area contributed by atoms with Gasteiger partial charge in [-0.3, -0.25) is 9.69 Å². The zero-order valence-electron chi connectivity index (χ0n) is 17.1. The molecule has 0 saturated heterocycles. The third-order valence-electron chi connectivity index (χ3n) is 5.20. The fraction of sp³-hybridized carbons (Fsp3) is 0.364. The van der Waals surface area contributed by atoms with Crippen LogP contribution in [-0.4, -0.2) is 48.8 Å². The van der Waals surface area contributed by atoms with E-state index >= 15 is 0 Å². The van der Waals surface area contributed by atoms with E-state index in [0.717, 1.165) is 50.8 Å². The lowest BCUT2D eigenvalue weighted by Crippen LogP contribution is -2.39. The van der Waals surface area contributed by atoms with Gasteiger partial charge in [0.15, 0.2) is 16.6 Å². The van der Waals surface area contributed by atoms with Gasteiger partial charge in [0.25, 0.3) is 0 Å². The minimum Gasteiger partial charge on any atom is -0.454 e. The molecule has 8 heteroatoms. The first kappa shape index (κ1) is 21.1. The van der Waals surface area contributed by atoms with Crippen LogP contribution in [0.25, 0.3) is 10.2 Å². The molecule has 2 aromatic carbocycles. The van der Waals surface area contributed by atoms with Gasteiger partial charge in [-0.05, 0) is 49.0 Å². The minimum absolute atomic E-state index is 0.0270. The van der Waals surface area contributed by atoms with Crippen LogP contribution in [0.2, 0.25) is 0 Å². The summed E-state index contributed by atoms with van der Waals surface area (Å²) in [6.07, 6.45) is 0.286. The number of nitrogens with zero attached hydrogens (tertiary/aromatic N) is 3. The number of ether oxygens (including phenoxy) is 2. The quantitative estimate of drug-likeness (QED) is 0.458. The van der Waals surface area contributed by atoms with Crippen LogP contribution >= 0.6 is 27.3 Å². The Morgan fingerprint density at radius 2 is 1.90 bits per heavy atom. The number of aromatic nitrogens is 1. The smallest absolute Gasteiger partial charge is 0.233 e. The third-order valence-corrected chi connectivity index (χ3v) is 6.73. The maximum atomic E-state index is 13.3. The fourth-order valence-electron chi connectivity index (χ4n) is 3.43. The highest BCUT2D eigenvalue weighted by Gasteiger charge is 2.22. The molecule has 1 aliphatic rings. The summed E-state index contributed by atoms with van der Waals surface area (Å²) in [5, 5.41) is 0.737. The number of halogens is 1. The molecule has 3 aromatic rings. The average Bonchev–Trinajstić information content (AvgIpc) is 3.37. The van der Waals surface area contributed by atoms with Gasteiger partial charge in [-0.2, -0.15) is 0 Å². The second-order valence-corrected chi connectivity index (χ2v) is 8.97. The highest BCUT2D eigenvalue weighted by Crippen LogP contribution is 2.34. The fourth-order valence-corrected chi connectivity index (χ4v) is 4.99. The van der Waals surface area contributed by atoms with Gasteiger partial charge in [0.2, 0.25) is 12.7 Å². The third kappa shape index (κ3) is 4.61. The van der Waals surface area contributed by atoms with Crippen LogP contribution in [-0.2, 0) is 11.2 Å². The molecule has 1 amide bonds. The molecule has 0 unspecified atom stereocenters. The zero-order chi connectivity index (χ0) is 21.1. The molecule has 0 bridgehead atoms. The van der Waals surface area contributed by atoms with Crippen molar-refractivity contribution in [2.45, 2.75) is 20.3 Å². The SMILES string of the molecule is CCN(CC)CCN(C(=O)Cc1ccc2c(c1)OCO2)c1nc2ccc(Br)cc2s1. The van der Waals surface area contributed by atoms with E-state index in [0.29, 0.717) is 12.3 Å². The summed E-state index contributed by atoms with van der Waals surface area (Å²) in [4.78, 5) is 22.2. The van der Waals surface area contributed by atoms with Gasteiger partial charge in [-0.25, -0.2) is 4.98 Å². The summed E-state index contributed by atoms with van der Waals surface area (Å²) < 4.78 is 12.9. The molecule has 4 rings (SSSR count). The van der Waals surface area contributed by atoms with Crippen molar-refractivity contribution in [3.05, 3.63) is 46.4 Å².